The molecule has 17 heavy (non-hydrogen) atoms. The number of carbonyl (C=O) groups excluding carboxylic acids is 1. The Kier molecular flexibility index (Phi) is 13.5. The molecule has 0 spiro atoms. The molecule has 0 heterocycles. The third-order valence-corrected chi connectivity index (χ3v) is 2.09. The number of ether oxygens (including phenoxy) is 1. The molecule has 0 saturated carbocycles. The van der Waals surface area contributed by atoms with Gasteiger partial charge in [-0.05, 0) is 6.42 Å². The molecule has 1 N–H and O–H groups in total. The summed E-state index contributed by atoms with van der Waals surface area (Å²) in [7, 11) is 0. The molecule has 1 atom stereocenters. The van der Waals surface area contributed by atoms with Gasteiger partial charge in [0.15, 0.2) is 0 Å². The molecule has 0 saturated heterocycles. The monoisotopic (exact) mass is 244 g/mol. The number of carbonyl (C=O) groups is 2. The molecular formula is C13H24O4. The lowest BCUT2D eigenvalue weighted by molar-refractivity contribution is -0.142. The van der Waals surface area contributed by atoms with Crippen LogP contribution in [0, 0.1) is 5.92 Å². The van der Waals surface area contributed by atoms with E-state index in [0.717, 1.165) is 19.8 Å². The molecule has 0 fully saturated rings. The van der Waals surface area contributed by atoms with Crippen LogP contribution >= 0.6 is 0 Å². The fourth-order valence-electron chi connectivity index (χ4n) is 1.19. The van der Waals surface area contributed by atoms with Crippen LogP contribution in [0.2, 0.25) is 0 Å². The highest BCUT2D eigenvalue weighted by Crippen LogP contribution is 2.11. The lowest BCUT2D eigenvalue weighted by Crippen LogP contribution is -2.11. The summed E-state index contributed by atoms with van der Waals surface area (Å²) in [6.07, 6.45) is 6.93. The van der Waals surface area contributed by atoms with Crippen LogP contribution in [0.5, 0.6) is 0 Å². The van der Waals surface area contributed by atoms with Crippen molar-refractivity contribution in [3.05, 3.63) is 12.8 Å². The molecule has 0 rings (SSSR count). The number of hydrogen-bond donors (Lipinski definition) is 1. The van der Waals surface area contributed by atoms with Crippen molar-refractivity contribution in [2.24, 2.45) is 5.92 Å². The minimum atomic E-state index is -0.833. The maximum Gasteiger partial charge on any atom is 0.313 e. The number of aliphatic carboxylic acids is 1. The van der Waals surface area contributed by atoms with Gasteiger partial charge in [0.25, 0.3) is 5.97 Å². The largest absolute Gasteiger partial charge is 0.481 e. The predicted octanol–water partition coefficient (Wildman–Crippen LogP) is 3.37. The summed E-state index contributed by atoms with van der Waals surface area (Å²) in [6, 6.07) is 0. The smallest absolute Gasteiger partial charge is 0.313 e. The summed E-state index contributed by atoms with van der Waals surface area (Å²) >= 11 is 0. The van der Waals surface area contributed by atoms with E-state index in [1.807, 2.05) is 6.92 Å². The Bertz CT molecular complexity index is 219. The van der Waals surface area contributed by atoms with E-state index in [0.29, 0.717) is 0 Å². The van der Waals surface area contributed by atoms with Gasteiger partial charge in [-0.2, -0.15) is 0 Å². The average molecular weight is 244 g/mol. The summed E-state index contributed by atoms with van der Waals surface area (Å²) in [5.41, 5.74) is 0. The molecule has 100 valence electrons. The number of esters is 1. The molecule has 0 aliphatic rings. The van der Waals surface area contributed by atoms with Crippen LogP contribution < -0.4 is 0 Å². The van der Waals surface area contributed by atoms with E-state index in [4.69, 9.17) is 9.90 Å². The molecule has 0 bridgehead atoms. The van der Waals surface area contributed by atoms with Crippen molar-refractivity contribution >= 4 is 11.9 Å². The minimum Gasteiger partial charge on any atom is -0.481 e. The van der Waals surface area contributed by atoms with E-state index in [1.54, 1.807) is 0 Å². The van der Waals surface area contributed by atoms with Gasteiger partial charge in [-0.3, -0.25) is 9.59 Å². The van der Waals surface area contributed by atoms with Crippen molar-refractivity contribution in [1.29, 1.82) is 0 Å². The zero-order chi connectivity index (χ0) is 13.7. The number of carboxylic acids is 1. The molecule has 4 heteroatoms. The second-order valence-corrected chi connectivity index (χ2v) is 3.87. The zero-order valence-electron chi connectivity index (χ0n) is 11.1. The van der Waals surface area contributed by atoms with Gasteiger partial charge in [0.05, 0.1) is 12.2 Å². The first-order valence-corrected chi connectivity index (χ1v) is 5.96. The highest BCUT2D eigenvalue weighted by atomic mass is 16.5. The Hall–Kier alpha value is -1.32. The molecule has 0 aliphatic carbocycles. The van der Waals surface area contributed by atoms with Crippen LogP contribution in [-0.4, -0.2) is 17.0 Å². The van der Waals surface area contributed by atoms with E-state index in [1.165, 1.54) is 25.5 Å². The minimum absolute atomic E-state index is 0.00913. The van der Waals surface area contributed by atoms with E-state index in [2.05, 4.69) is 18.2 Å². The van der Waals surface area contributed by atoms with Crippen molar-refractivity contribution < 1.29 is 19.4 Å². The second-order valence-electron chi connectivity index (χ2n) is 3.87. The fraction of sp³-hybridized carbons (Fsp3) is 0.692. The molecule has 0 aliphatic heterocycles. The first-order valence-electron chi connectivity index (χ1n) is 5.96. The summed E-state index contributed by atoms with van der Waals surface area (Å²) in [6.45, 7) is 8.51. The van der Waals surface area contributed by atoms with Gasteiger partial charge in [-0.1, -0.05) is 46.1 Å². The fourth-order valence-corrected chi connectivity index (χ4v) is 1.19. The Morgan fingerprint density at radius 1 is 1.35 bits per heavy atom. The van der Waals surface area contributed by atoms with Gasteiger partial charge < -0.3 is 9.84 Å². The third-order valence-electron chi connectivity index (χ3n) is 2.09. The normalized spacial score (nSPS) is 10.8. The van der Waals surface area contributed by atoms with Crippen LogP contribution in [-0.2, 0) is 14.3 Å². The average Bonchev–Trinajstić information content (AvgIpc) is 2.23. The summed E-state index contributed by atoms with van der Waals surface area (Å²) in [4.78, 5) is 20.1. The van der Waals surface area contributed by atoms with Crippen molar-refractivity contribution in [2.75, 3.05) is 0 Å². The third kappa shape index (κ3) is 17.3. The summed E-state index contributed by atoms with van der Waals surface area (Å²) in [5, 5.41) is 7.42. The molecule has 0 amide bonds. The van der Waals surface area contributed by atoms with Crippen molar-refractivity contribution in [3.63, 3.8) is 0 Å². The number of carboxylic acid groups (broad SMARTS) is 1. The number of unbranched alkanes of at least 4 members (excludes halogenated alkanes) is 3. The molecule has 0 aromatic carbocycles. The van der Waals surface area contributed by atoms with Crippen LogP contribution in [0.25, 0.3) is 0 Å². The Balaban J connectivity index is 0. The van der Waals surface area contributed by atoms with Crippen molar-refractivity contribution in [1.82, 2.24) is 0 Å². The first kappa shape index (κ1) is 18.1. The molecule has 0 aromatic rings. The maximum absolute atomic E-state index is 11.1. The van der Waals surface area contributed by atoms with Gasteiger partial charge in [0.2, 0.25) is 0 Å². The highest BCUT2D eigenvalue weighted by molar-refractivity contribution is 5.72. The second kappa shape index (κ2) is 12.7. The number of rotatable bonds is 7. The molecule has 4 nitrogen and oxygen atoms in total. The van der Waals surface area contributed by atoms with Crippen LogP contribution in [0.4, 0.5) is 0 Å². The quantitative estimate of drug-likeness (QED) is 0.423. The molecule has 0 aromatic heterocycles. The Morgan fingerprint density at radius 2 is 1.88 bits per heavy atom. The van der Waals surface area contributed by atoms with Crippen LogP contribution in [0.3, 0.4) is 0 Å². The lowest BCUT2D eigenvalue weighted by atomic mass is 10.0. The zero-order valence-corrected chi connectivity index (χ0v) is 11.1. The van der Waals surface area contributed by atoms with Crippen molar-refractivity contribution in [2.45, 2.75) is 52.9 Å². The summed E-state index contributed by atoms with van der Waals surface area (Å²) in [5.74, 6) is -0.985. The van der Waals surface area contributed by atoms with E-state index >= 15 is 0 Å². The lowest BCUT2D eigenvalue weighted by Gasteiger charge is -2.07. The standard InChI is InChI=1S/C11H20O2.C2H4O2/c1-4-6-7-8-9-10(3)11(12)13-5-2;1-2(3)4/h5,10H,2,4,6-9H2,1,3H3;1H3,(H,3,4). The van der Waals surface area contributed by atoms with Crippen LogP contribution in [0.1, 0.15) is 52.9 Å². The van der Waals surface area contributed by atoms with Gasteiger partial charge in [0.1, 0.15) is 0 Å². The van der Waals surface area contributed by atoms with E-state index in [-0.39, 0.29) is 11.9 Å². The summed E-state index contributed by atoms with van der Waals surface area (Å²) < 4.78 is 4.69. The maximum atomic E-state index is 11.1. The molecule has 1 unspecified atom stereocenters. The van der Waals surface area contributed by atoms with Gasteiger partial charge >= 0.3 is 5.97 Å². The molecule has 0 radical (unpaired) electrons. The van der Waals surface area contributed by atoms with Gasteiger partial charge in [-0.15, -0.1) is 0 Å². The first-order chi connectivity index (χ1) is 7.95. The molecular weight excluding hydrogens is 220 g/mol. The highest BCUT2D eigenvalue weighted by Gasteiger charge is 2.12. The predicted molar refractivity (Wildman–Crippen MR) is 67.5 cm³/mol. The Labute approximate surface area is 104 Å². The van der Waals surface area contributed by atoms with Crippen LogP contribution in [0.15, 0.2) is 12.8 Å². The topological polar surface area (TPSA) is 63.6 Å². The SMILES string of the molecule is C=COC(=O)C(C)CCCCCC.CC(=O)O. The van der Waals surface area contributed by atoms with Gasteiger partial charge in [-0.25, -0.2) is 0 Å². The number of hydrogen-bond acceptors (Lipinski definition) is 3. The Morgan fingerprint density at radius 3 is 2.29 bits per heavy atom. The van der Waals surface area contributed by atoms with E-state index < -0.39 is 5.97 Å². The van der Waals surface area contributed by atoms with E-state index in [9.17, 15) is 4.79 Å². The van der Waals surface area contributed by atoms with Crippen molar-refractivity contribution in [3.8, 4) is 0 Å². The van der Waals surface area contributed by atoms with Gasteiger partial charge in [0, 0.05) is 6.92 Å².